The average molecular weight is 293 g/mol. The van der Waals surface area contributed by atoms with E-state index >= 15 is 0 Å². The second-order valence-electron chi connectivity index (χ2n) is 5.51. The second kappa shape index (κ2) is 7.69. The molecule has 0 aliphatic heterocycles. The molecule has 0 spiro atoms. The predicted molar refractivity (Wildman–Crippen MR) is 81.3 cm³/mol. The lowest BCUT2D eigenvalue weighted by Crippen LogP contribution is -2.34. The number of hydrogen-bond acceptors (Lipinski definition) is 4. The molecule has 0 unspecified atom stereocenters. The molecule has 0 bridgehead atoms. The lowest BCUT2D eigenvalue weighted by Gasteiger charge is -2.22. The fourth-order valence-electron chi connectivity index (χ4n) is 1.69. The number of carbonyl (C=O) groups is 1. The number of alkyl carbamates (subject to hydrolysis) is 1. The Bertz CT molecular complexity index is 474. The number of amides is 1. The standard InChI is InChI=1S/C16H23NO4/c1-16(2,3)21-15(19)17-14(6-5-11-18)12-7-9-13(20-4)10-8-12/h5-10,14,18H,11H2,1-4H3,(H,17,19)/b6-5-/t14-/m0/s1. The molecule has 0 heterocycles. The number of aliphatic hydroxyl groups is 1. The van der Waals surface area contributed by atoms with Gasteiger partial charge in [0.2, 0.25) is 0 Å². The van der Waals surface area contributed by atoms with Crippen LogP contribution in [-0.2, 0) is 4.74 Å². The number of nitrogens with one attached hydrogen (secondary N) is 1. The van der Waals surface area contributed by atoms with Crippen molar-refractivity contribution in [3.63, 3.8) is 0 Å². The van der Waals surface area contributed by atoms with Gasteiger partial charge in [-0.2, -0.15) is 0 Å². The summed E-state index contributed by atoms with van der Waals surface area (Å²) in [5.74, 6) is 0.737. The molecule has 0 radical (unpaired) electrons. The first-order valence-corrected chi connectivity index (χ1v) is 6.76. The molecule has 0 aromatic heterocycles. The number of hydrogen-bond donors (Lipinski definition) is 2. The fourth-order valence-corrected chi connectivity index (χ4v) is 1.69. The van der Waals surface area contributed by atoms with Gasteiger partial charge in [-0.3, -0.25) is 0 Å². The van der Waals surface area contributed by atoms with Gasteiger partial charge in [0.25, 0.3) is 0 Å². The number of aliphatic hydroxyl groups excluding tert-OH is 1. The molecule has 0 aliphatic rings. The van der Waals surface area contributed by atoms with Crippen LogP contribution in [0.3, 0.4) is 0 Å². The maximum Gasteiger partial charge on any atom is 0.408 e. The highest BCUT2D eigenvalue weighted by Crippen LogP contribution is 2.19. The van der Waals surface area contributed by atoms with Crippen LogP contribution in [0.2, 0.25) is 0 Å². The third kappa shape index (κ3) is 6.31. The lowest BCUT2D eigenvalue weighted by atomic mass is 10.1. The van der Waals surface area contributed by atoms with Gasteiger partial charge >= 0.3 is 6.09 Å². The van der Waals surface area contributed by atoms with Gasteiger partial charge in [-0.15, -0.1) is 0 Å². The van der Waals surface area contributed by atoms with Crippen LogP contribution in [-0.4, -0.2) is 30.5 Å². The summed E-state index contributed by atoms with van der Waals surface area (Å²) in [6, 6.07) is 6.95. The Kier molecular flexibility index (Phi) is 6.24. The minimum absolute atomic E-state index is 0.0946. The Hall–Kier alpha value is -2.01. The van der Waals surface area contributed by atoms with E-state index in [9.17, 15) is 4.79 Å². The van der Waals surface area contributed by atoms with Crippen molar-refractivity contribution >= 4 is 6.09 Å². The second-order valence-corrected chi connectivity index (χ2v) is 5.51. The van der Waals surface area contributed by atoms with E-state index in [1.165, 1.54) is 0 Å². The van der Waals surface area contributed by atoms with Crippen LogP contribution in [0.4, 0.5) is 4.79 Å². The summed E-state index contributed by atoms with van der Waals surface area (Å²) in [4.78, 5) is 11.9. The van der Waals surface area contributed by atoms with Gasteiger partial charge in [0.05, 0.1) is 19.8 Å². The number of carbonyl (C=O) groups excluding carboxylic acids is 1. The van der Waals surface area contributed by atoms with Crippen molar-refractivity contribution in [1.29, 1.82) is 0 Å². The van der Waals surface area contributed by atoms with Gasteiger partial charge in [-0.25, -0.2) is 4.79 Å². The molecular formula is C16H23NO4. The van der Waals surface area contributed by atoms with Gasteiger partial charge in [0, 0.05) is 0 Å². The Labute approximate surface area is 125 Å². The van der Waals surface area contributed by atoms with Gasteiger partial charge in [0.15, 0.2) is 0 Å². The molecule has 1 amide bonds. The van der Waals surface area contributed by atoms with Crippen molar-refractivity contribution in [3.05, 3.63) is 42.0 Å². The van der Waals surface area contributed by atoms with E-state index in [0.717, 1.165) is 11.3 Å². The molecule has 1 rings (SSSR count). The number of benzene rings is 1. The Balaban J connectivity index is 2.84. The SMILES string of the molecule is COc1ccc([C@H](/C=C\CO)NC(=O)OC(C)(C)C)cc1. The molecule has 1 aromatic carbocycles. The largest absolute Gasteiger partial charge is 0.497 e. The number of ether oxygens (including phenoxy) is 2. The normalized spacial score (nSPS) is 13.0. The zero-order valence-electron chi connectivity index (χ0n) is 12.9. The summed E-state index contributed by atoms with van der Waals surface area (Å²) in [5.41, 5.74) is 0.307. The zero-order valence-corrected chi connectivity index (χ0v) is 12.9. The smallest absolute Gasteiger partial charge is 0.408 e. The summed E-state index contributed by atoms with van der Waals surface area (Å²) in [7, 11) is 1.59. The van der Waals surface area contributed by atoms with E-state index in [1.807, 2.05) is 24.3 Å². The van der Waals surface area contributed by atoms with Crippen molar-refractivity contribution in [3.8, 4) is 5.75 Å². The first-order valence-electron chi connectivity index (χ1n) is 6.76. The van der Waals surface area contributed by atoms with E-state index in [1.54, 1.807) is 40.0 Å². The summed E-state index contributed by atoms with van der Waals surface area (Å²) in [6.07, 6.45) is 2.78. The molecule has 0 saturated carbocycles. The molecule has 0 fully saturated rings. The first-order chi connectivity index (χ1) is 9.85. The lowest BCUT2D eigenvalue weighted by molar-refractivity contribution is 0.0513. The molecule has 1 aromatic rings. The van der Waals surface area contributed by atoms with E-state index in [4.69, 9.17) is 14.6 Å². The Morgan fingerprint density at radius 3 is 2.43 bits per heavy atom. The summed E-state index contributed by atoms with van der Waals surface area (Å²) in [5, 5.41) is 11.7. The highest BCUT2D eigenvalue weighted by molar-refractivity contribution is 5.68. The van der Waals surface area contributed by atoms with Gasteiger partial charge < -0.3 is 19.9 Å². The summed E-state index contributed by atoms with van der Waals surface area (Å²) in [6.45, 7) is 5.32. The van der Waals surface area contributed by atoms with Crippen LogP contribution in [0, 0.1) is 0 Å². The third-order valence-corrected chi connectivity index (χ3v) is 2.58. The monoisotopic (exact) mass is 293 g/mol. The molecular weight excluding hydrogens is 270 g/mol. The summed E-state index contributed by atoms with van der Waals surface area (Å²) < 4.78 is 10.4. The van der Waals surface area contributed by atoms with Crippen molar-refractivity contribution in [1.82, 2.24) is 5.32 Å². The molecule has 1 atom stereocenters. The van der Waals surface area contributed by atoms with Crippen molar-refractivity contribution in [2.45, 2.75) is 32.4 Å². The Morgan fingerprint density at radius 2 is 1.95 bits per heavy atom. The van der Waals surface area contributed by atoms with Crippen LogP contribution in [0.25, 0.3) is 0 Å². The van der Waals surface area contributed by atoms with Crippen molar-refractivity contribution < 1.29 is 19.4 Å². The molecule has 21 heavy (non-hydrogen) atoms. The molecule has 5 nitrogen and oxygen atoms in total. The van der Waals surface area contributed by atoms with Crippen molar-refractivity contribution in [2.24, 2.45) is 0 Å². The fraction of sp³-hybridized carbons (Fsp3) is 0.438. The predicted octanol–water partition coefficient (Wildman–Crippen LogP) is 2.81. The van der Waals surface area contributed by atoms with Crippen molar-refractivity contribution in [2.75, 3.05) is 13.7 Å². The quantitative estimate of drug-likeness (QED) is 0.819. The maximum atomic E-state index is 11.9. The minimum atomic E-state index is -0.560. The zero-order chi connectivity index (χ0) is 15.9. The highest BCUT2D eigenvalue weighted by Gasteiger charge is 2.19. The minimum Gasteiger partial charge on any atom is -0.497 e. The summed E-state index contributed by atoms with van der Waals surface area (Å²) >= 11 is 0. The van der Waals surface area contributed by atoms with Crippen LogP contribution < -0.4 is 10.1 Å². The van der Waals surface area contributed by atoms with Crippen LogP contribution in [0.5, 0.6) is 5.75 Å². The third-order valence-electron chi connectivity index (χ3n) is 2.58. The van der Waals surface area contributed by atoms with E-state index in [0.29, 0.717) is 0 Å². The van der Waals surface area contributed by atoms with Crippen LogP contribution >= 0.6 is 0 Å². The number of methoxy groups -OCH3 is 1. The molecule has 0 aliphatic carbocycles. The number of rotatable bonds is 5. The van der Waals surface area contributed by atoms with Gasteiger partial charge in [-0.05, 0) is 38.5 Å². The van der Waals surface area contributed by atoms with Gasteiger partial charge in [-0.1, -0.05) is 24.3 Å². The van der Waals surface area contributed by atoms with E-state index in [-0.39, 0.29) is 12.6 Å². The maximum absolute atomic E-state index is 11.9. The van der Waals surface area contributed by atoms with Gasteiger partial charge in [0.1, 0.15) is 11.4 Å². The molecule has 5 heteroatoms. The molecule has 2 N–H and O–H groups in total. The van der Waals surface area contributed by atoms with Crippen LogP contribution in [0.15, 0.2) is 36.4 Å². The van der Waals surface area contributed by atoms with E-state index < -0.39 is 11.7 Å². The van der Waals surface area contributed by atoms with E-state index in [2.05, 4.69) is 5.32 Å². The topological polar surface area (TPSA) is 67.8 Å². The Morgan fingerprint density at radius 1 is 1.33 bits per heavy atom. The molecule has 0 saturated heterocycles. The molecule has 116 valence electrons. The first kappa shape index (κ1) is 17.0. The highest BCUT2D eigenvalue weighted by atomic mass is 16.6. The van der Waals surface area contributed by atoms with Crippen LogP contribution in [0.1, 0.15) is 32.4 Å². The average Bonchev–Trinajstić information content (AvgIpc) is 2.41.